The smallest absolute Gasteiger partial charge is 0.292 e. The van der Waals surface area contributed by atoms with Crippen molar-refractivity contribution in [2.24, 2.45) is 0 Å². The summed E-state index contributed by atoms with van der Waals surface area (Å²) >= 11 is 0. The molecular formula is C22H23N5O4. The molecular weight excluding hydrogens is 398 g/mol. The van der Waals surface area contributed by atoms with Crippen molar-refractivity contribution >= 4 is 11.8 Å². The van der Waals surface area contributed by atoms with Crippen molar-refractivity contribution in [3.63, 3.8) is 0 Å². The molecule has 160 valence electrons. The van der Waals surface area contributed by atoms with Crippen LogP contribution in [0, 0.1) is 0 Å². The first-order chi connectivity index (χ1) is 15.1. The van der Waals surface area contributed by atoms with E-state index in [0.29, 0.717) is 39.0 Å². The van der Waals surface area contributed by atoms with E-state index in [1.54, 1.807) is 17.2 Å². The van der Waals surface area contributed by atoms with Crippen LogP contribution in [0.3, 0.4) is 0 Å². The molecule has 1 fully saturated rings. The molecule has 5 rings (SSSR count). The number of amides is 2. The summed E-state index contributed by atoms with van der Waals surface area (Å²) in [5.74, 6) is 0.693. The van der Waals surface area contributed by atoms with E-state index in [9.17, 15) is 9.59 Å². The van der Waals surface area contributed by atoms with Crippen molar-refractivity contribution in [1.29, 1.82) is 0 Å². The number of benzene rings is 1. The Bertz CT molecular complexity index is 1050. The van der Waals surface area contributed by atoms with Crippen molar-refractivity contribution in [3.8, 4) is 0 Å². The fourth-order valence-electron chi connectivity index (χ4n) is 4.33. The Morgan fingerprint density at radius 2 is 1.94 bits per heavy atom. The lowest BCUT2D eigenvalue weighted by Gasteiger charge is -2.45. The van der Waals surface area contributed by atoms with Gasteiger partial charge in [0.25, 0.3) is 11.8 Å². The monoisotopic (exact) mass is 421 g/mol. The van der Waals surface area contributed by atoms with E-state index in [1.807, 2.05) is 41.1 Å². The van der Waals surface area contributed by atoms with Gasteiger partial charge < -0.3 is 24.0 Å². The second-order valence-corrected chi connectivity index (χ2v) is 7.88. The van der Waals surface area contributed by atoms with Crippen LogP contribution >= 0.6 is 0 Å². The molecule has 0 saturated carbocycles. The van der Waals surface area contributed by atoms with Gasteiger partial charge in [0.15, 0.2) is 6.10 Å². The van der Waals surface area contributed by atoms with E-state index >= 15 is 0 Å². The van der Waals surface area contributed by atoms with Crippen LogP contribution in [-0.2, 0) is 28.2 Å². The third-order valence-corrected chi connectivity index (χ3v) is 5.96. The van der Waals surface area contributed by atoms with Crippen LogP contribution in [0.15, 0.2) is 59.5 Å². The molecule has 1 aromatic carbocycles. The minimum Gasteiger partial charge on any atom is -0.352 e. The van der Waals surface area contributed by atoms with Gasteiger partial charge in [0, 0.05) is 50.9 Å². The highest BCUT2D eigenvalue weighted by atomic mass is 16.5. The first-order valence-corrected chi connectivity index (χ1v) is 10.4. The zero-order valence-corrected chi connectivity index (χ0v) is 16.9. The maximum atomic E-state index is 12.9. The molecule has 0 aliphatic carbocycles. The van der Waals surface area contributed by atoms with Gasteiger partial charge in [-0.3, -0.25) is 9.59 Å². The highest BCUT2D eigenvalue weighted by Crippen LogP contribution is 2.40. The maximum absolute atomic E-state index is 12.9. The lowest BCUT2D eigenvalue weighted by molar-refractivity contribution is -0.172. The predicted molar refractivity (Wildman–Crippen MR) is 109 cm³/mol. The van der Waals surface area contributed by atoms with Crippen LogP contribution in [0.1, 0.15) is 34.8 Å². The van der Waals surface area contributed by atoms with Gasteiger partial charge in [0.2, 0.25) is 5.76 Å². The SMILES string of the molecule is O=C(NCc1ccccc1)[C@@H]1Cn2ccnc2C2(CCN(C(=O)c3ccno3)CC2)O1. The van der Waals surface area contributed by atoms with Crippen LogP contribution < -0.4 is 5.32 Å². The molecule has 31 heavy (non-hydrogen) atoms. The first kappa shape index (κ1) is 19.5. The number of carbonyl (C=O) groups is 2. The average molecular weight is 421 g/mol. The van der Waals surface area contributed by atoms with Crippen LogP contribution in [0.5, 0.6) is 0 Å². The lowest BCUT2D eigenvalue weighted by atomic mass is 9.88. The van der Waals surface area contributed by atoms with Crippen molar-refractivity contribution in [1.82, 2.24) is 24.9 Å². The summed E-state index contributed by atoms with van der Waals surface area (Å²) in [5, 5.41) is 6.59. The number of aromatic nitrogens is 3. The zero-order chi connectivity index (χ0) is 21.3. The van der Waals surface area contributed by atoms with Gasteiger partial charge in [0.1, 0.15) is 11.4 Å². The number of likely N-dealkylation sites (tertiary alicyclic amines) is 1. The molecule has 2 aromatic heterocycles. The van der Waals surface area contributed by atoms with E-state index in [0.717, 1.165) is 11.4 Å². The zero-order valence-electron chi connectivity index (χ0n) is 16.9. The van der Waals surface area contributed by atoms with Crippen LogP contribution in [0.4, 0.5) is 0 Å². The number of nitrogens with one attached hydrogen (secondary N) is 1. The van der Waals surface area contributed by atoms with Gasteiger partial charge in [-0.15, -0.1) is 0 Å². The Morgan fingerprint density at radius 1 is 1.13 bits per heavy atom. The molecule has 2 aliphatic rings. The molecule has 1 atom stereocenters. The molecule has 0 unspecified atom stereocenters. The van der Waals surface area contributed by atoms with Gasteiger partial charge in [0.05, 0.1) is 12.7 Å². The summed E-state index contributed by atoms with van der Waals surface area (Å²) < 4.78 is 13.4. The van der Waals surface area contributed by atoms with E-state index in [1.165, 1.54) is 6.20 Å². The van der Waals surface area contributed by atoms with Crippen LogP contribution in [0.25, 0.3) is 0 Å². The molecule has 1 N–H and O–H groups in total. The number of rotatable bonds is 4. The molecule has 9 heteroatoms. The number of imidazole rings is 1. The maximum Gasteiger partial charge on any atom is 0.292 e. The number of carbonyl (C=O) groups excluding carboxylic acids is 2. The molecule has 9 nitrogen and oxygen atoms in total. The highest BCUT2D eigenvalue weighted by Gasteiger charge is 2.47. The summed E-state index contributed by atoms with van der Waals surface area (Å²) in [5.41, 5.74) is 0.332. The van der Waals surface area contributed by atoms with Gasteiger partial charge in [-0.25, -0.2) is 4.98 Å². The number of piperidine rings is 1. The third kappa shape index (κ3) is 3.72. The fourth-order valence-corrected chi connectivity index (χ4v) is 4.33. The second-order valence-electron chi connectivity index (χ2n) is 7.88. The summed E-state index contributed by atoms with van der Waals surface area (Å²) in [4.78, 5) is 31.7. The van der Waals surface area contributed by atoms with Gasteiger partial charge >= 0.3 is 0 Å². The Labute approximate surface area is 179 Å². The summed E-state index contributed by atoms with van der Waals surface area (Å²) in [6, 6.07) is 11.3. The number of nitrogens with zero attached hydrogens (tertiary/aromatic N) is 4. The van der Waals surface area contributed by atoms with Crippen molar-refractivity contribution in [2.75, 3.05) is 13.1 Å². The molecule has 3 aromatic rings. The Hall–Kier alpha value is -3.46. The quantitative estimate of drug-likeness (QED) is 0.688. The number of hydrogen-bond donors (Lipinski definition) is 1. The van der Waals surface area contributed by atoms with E-state index in [-0.39, 0.29) is 17.6 Å². The van der Waals surface area contributed by atoms with Gasteiger partial charge in [-0.2, -0.15) is 0 Å². The van der Waals surface area contributed by atoms with E-state index in [4.69, 9.17) is 9.26 Å². The Kier molecular flexibility index (Phi) is 5.03. The second kappa shape index (κ2) is 7.99. The minimum absolute atomic E-state index is 0.150. The van der Waals surface area contributed by atoms with Crippen LogP contribution in [0.2, 0.25) is 0 Å². The summed E-state index contributed by atoms with van der Waals surface area (Å²) in [6.07, 6.45) is 5.54. The molecule has 1 saturated heterocycles. The molecule has 0 bridgehead atoms. The number of ether oxygens (including phenoxy) is 1. The van der Waals surface area contributed by atoms with Crippen LogP contribution in [-0.4, -0.2) is 50.6 Å². The third-order valence-electron chi connectivity index (χ3n) is 5.96. The molecule has 0 radical (unpaired) electrons. The molecule has 2 amide bonds. The van der Waals surface area contributed by atoms with Crippen molar-refractivity contribution in [3.05, 3.63) is 72.1 Å². The van der Waals surface area contributed by atoms with Gasteiger partial charge in [-0.05, 0) is 5.56 Å². The predicted octanol–water partition coefficient (Wildman–Crippen LogP) is 1.72. The average Bonchev–Trinajstić information content (AvgIpc) is 3.51. The van der Waals surface area contributed by atoms with Crippen molar-refractivity contribution in [2.45, 2.75) is 37.6 Å². The number of hydrogen-bond acceptors (Lipinski definition) is 6. The molecule has 1 spiro atoms. The van der Waals surface area contributed by atoms with E-state index < -0.39 is 11.7 Å². The lowest BCUT2D eigenvalue weighted by Crippen LogP contribution is -2.54. The van der Waals surface area contributed by atoms with Gasteiger partial charge in [-0.1, -0.05) is 35.5 Å². The largest absolute Gasteiger partial charge is 0.352 e. The highest BCUT2D eigenvalue weighted by molar-refractivity contribution is 5.91. The fraction of sp³-hybridized carbons (Fsp3) is 0.364. The molecule has 2 aliphatic heterocycles. The topological polar surface area (TPSA) is 102 Å². The normalized spacial score (nSPS) is 19.7. The Balaban J connectivity index is 1.29. The first-order valence-electron chi connectivity index (χ1n) is 10.4. The standard InChI is InChI=1S/C22H23N5O4/c28-19(24-14-16-4-2-1-3-5-16)18-15-27-13-10-23-21(27)22(30-18)7-11-26(12-8-22)20(29)17-6-9-25-31-17/h1-6,9-10,13,18H,7-8,11-12,14-15H2,(H,24,28)/t18-/m0/s1. The minimum atomic E-state index is -0.700. The molecule has 4 heterocycles. The summed E-state index contributed by atoms with van der Waals surface area (Å²) in [6.45, 7) is 1.82. The Morgan fingerprint density at radius 3 is 2.68 bits per heavy atom. The van der Waals surface area contributed by atoms with E-state index in [2.05, 4.69) is 15.5 Å². The number of fused-ring (bicyclic) bond motifs is 2. The summed E-state index contributed by atoms with van der Waals surface area (Å²) in [7, 11) is 0. The van der Waals surface area contributed by atoms with Crippen molar-refractivity contribution < 1.29 is 18.8 Å².